The molecule has 0 amide bonds. The first-order valence-electron chi connectivity index (χ1n) is 5.66. The summed E-state index contributed by atoms with van der Waals surface area (Å²) in [5.41, 5.74) is 8.30. The topological polar surface area (TPSA) is 51.8 Å². The van der Waals surface area contributed by atoms with Crippen molar-refractivity contribution >= 4 is 0 Å². The molecule has 0 aromatic carbocycles. The molecule has 1 heterocycles. The lowest BCUT2D eigenvalue weighted by Crippen LogP contribution is -2.38. The molecule has 0 fully saturated rings. The Labute approximate surface area is 91.1 Å². The Hall–Kier alpha value is -0.960. The number of rotatable bonds is 1. The summed E-state index contributed by atoms with van der Waals surface area (Å²) < 4.78 is 0. The van der Waals surface area contributed by atoms with Crippen LogP contribution in [0.3, 0.4) is 0 Å². The van der Waals surface area contributed by atoms with Gasteiger partial charge in [-0.3, -0.25) is 0 Å². The van der Waals surface area contributed by atoms with Crippen molar-refractivity contribution in [2.24, 2.45) is 5.73 Å². The normalized spacial score (nSPS) is 25.4. The Morgan fingerprint density at radius 2 is 2.20 bits per heavy atom. The highest BCUT2D eigenvalue weighted by atomic mass is 14.9. The Morgan fingerprint density at radius 1 is 1.47 bits per heavy atom. The van der Waals surface area contributed by atoms with Crippen LogP contribution < -0.4 is 5.73 Å². The number of aromatic nitrogens is 2. The van der Waals surface area contributed by atoms with Crippen LogP contribution in [-0.2, 0) is 12.0 Å². The first kappa shape index (κ1) is 10.6. The van der Waals surface area contributed by atoms with Gasteiger partial charge in [0.25, 0.3) is 0 Å². The van der Waals surface area contributed by atoms with E-state index in [-0.39, 0.29) is 5.54 Å². The molecule has 1 aliphatic carbocycles. The summed E-state index contributed by atoms with van der Waals surface area (Å²) in [4.78, 5) is 9.02. The molecule has 1 aromatic rings. The number of hydrogen-bond donors (Lipinski definition) is 1. The predicted octanol–water partition coefficient (Wildman–Crippen LogP) is 2.11. The van der Waals surface area contributed by atoms with Crippen LogP contribution in [0.25, 0.3) is 0 Å². The first-order chi connectivity index (χ1) is 7.00. The molecule has 82 valence electrons. The van der Waals surface area contributed by atoms with Crippen molar-refractivity contribution in [3.8, 4) is 0 Å². The number of hydrogen-bond acceptors (Lipinski definition) is 3. The van der Waals surface area contributed by atoms with Gasteiger partial charge in [-0.2, -0.15) is 0 Å². The Bertz CT molecular complexity index is 369. The van der Waals surface area contributed by atoms with E-state index < -0.39 is 0 Å². The highest BCUT2D eigenvalue weighted by Gasteiger charge is 2.30. The third kappa shape index (κ3) is 1.88. The number of nitrogens with two attached hydrogens (primary N) is 1. The molecule has 1 aliphatic rings. The van der Waals surface area contributed by atoms with Gasteiger partial charge < -0.3 is 5.73 Å². The van der Waals surface area contributed by atoms with Gasteiger partial charge in [-0.1, -0.05) is 13.8 Å². The van der Waals surface area contributed by atoms with E-state index in [0.717, 1.165) is 30.8 Å². The van der Waals surface area contributed by atoms with Crippen LogP contribution >= 0.6 is 0 Å². The Morgan fingerprint density at radius 3 is 2.87 bits per heavy atom. The standard InChI is InChI=1S/C12H19N3/c1-8(2)11-14-7-9-5-4-6-12(3,13)10(9)15-11/h7-8H,4-6,13H2,1-3H3. The fraction of sp³-hybridized carbons (Fsp3) is 0.667. The van der Waals surface area contributed by atoms with E-state index in [1.807, 2.05) is 6.20 Å². The molecule has 3 heteroatoms. The minimum Gasteiger partial charge on any atom is -0.320 e. The maximum atomic E-state index is 6.27. The summed E-state index contributed by atoms with van der Waals surface area (Å²) >= 11 is 0. The molecule has 0 aliphatic heterocycles. The molecule has 3 nitrogen and oxygen atoms in total. The zero-order valence-electron chi connectivity index (χ0n) is 9.75. The van der Waals surface area contributed by atoms with Gasteiger partial charge in [-0.05, 0) is 31.7 Å². The van der Waals surface area contributed by atoms with E-state index in [0.29, 0.717) is 5.92 Å². The first-order valence-corrected chi connectivity index (χ1v) is 5.66. The van der Waals surface area contributed by atoms with Crippen LogP contribution in [0.2, 0.25) is 0 Å². The van der Waals surface area contributed by atoms with Crippen molar-refractivity contribution in [3.05, 3.63) is 23.3 Å². The molecule has 0 radical (unpaired) electrons. The molecule has 0 saturated heterocycles. The zero-order chi connectivity index (χ0) is 11.1. The maximum Gasteiger partial charge on any atom is 0.131 e. The third-order valence-corrected chi connectivity index (χ3v) is 3.08. The van der Waals surface area contributed by atoms with Gasteiger partial charge in [0, 0.05) is 12.1 Å². The van der Waals surface area contributed by atoms with E-state index in [9.17, 15) is 0 Å². The van der Waals surface area contributed by atoms with Gasteiger partial charge >= 0.3 is 0 Å². The monoisotopic (exact) mass is 205 g/mol. The summed E-state index contributed by atoms with van der Waals surface area (Å²) in [6.45, 7) is 6.29. The predicted molar refractivity (Wildman–Crippen MR) is 60.6 cm³/mol. The van der Waals surface area contributed by atoms with E-state index in [1.165, 1.54) is 5.56 Å². The molecule has 2 N–H and O–H groups in total. The summed E-state index contributed by atoms with van der Waals surface area (Å²) in [6.07, 6.45) is 5.20. The van der Waals surface area contributed by atoms with Crippen molar-refractivity contribution in [2.45, 2.75) is 51.5 Å². The van der Waals surface area contributed by atoms with Gasteiger partial charge in [0.2, 0.25) is 0 Å². The number of nitrogens with zero attached hydrogens (tertiary/aromatic N) is 2. The van der Waals surface area contributed by atoms with Gasteiger partial charge in [0.1, 0.15) is 5.82 Å². The molecular formula is C12H19N3. The molecule has 2 rings (SSSR count). The average molecular weight is 205 g/mol. The molecule has 0 bridgehead atoms. The van der Waals surface area contributed by atoms with Crippen molar-refractivity contribution in [1.82, 2.24) is 9.97 Å². The second-order valence-corrected chi connectivity index (χ2v) is 5.03. The van der Waals surface area contributed by atoms with Crippen LogP contribution in [0.1, 0.15) is 56.6 Å². The van der Waals surface area contributed by atoms with Gasteiger partial charge in [0.15, 0.2) is 0 Å². The lowest BCUT2D eigenvalue weighted by Gasteiger charge is -2.31. The highest BCUT2D eigenvalue weighted by molar-refractivity contribution is 5.28. The second kappa shape index (κ2) is 3.56. The summed E-state index contributed by atoms with van der Waals surface area (Å²) in [5.74, 6) is 1.28. The second-order valence-electron chi connectivity index (χ2n) is 5.03. The smallest absolute Gasteiger partial charge is 0.131 e. The SMILES string of the molecule is CC(C)c1ncc2c(n1)C(C)(N)CCC2. The van der Waals surface area contributed by atoms with Gasteiger partial charge in [0.05, 0.1) is 11.2 Å². The molecule has 1 aromatic heterocycles. The zero-order valence-corrected chi connectivity index (χ0v) is 9.75. The highest BCUT2D eigenvalue weighted by Crippen LogP contribution is 2.31. The van der Waals surface area contributed by atoms with Crippen molar-refractivity contribution in [3.63, 3.8) is 0 Å². The molecule has 0 saturated carbocycles. The Kier molecular flexibility index (Phi) is 2.51. The van der Waals surface area contributed by atoms with Crippen LogP contribution in [0.5, 0.6) is 0 Å². The van der Waals surface area contributed by atoms with Crippen LogP contribution in [0.4, 0.5) is 0 Å². The lowest BCUT2D eigenvalue weighted by atomic mass is 9.82. The molecule has 0 spiro atoms. The quantitative estimate of drug-likeness (QED) is 0.764. The number of aryl methyl sites for hydroxylation is 1. The van der Waals surface area contributed by atoms with E-state index in [2.05, 4.69) is 30.7 Å². The molecule has 15 heavy (non-hydrogen) atoms. The molecule has 1 atom stereocenters. The average Bonchev–Trinajstić information content (AvgIpc) is 2.17. The fourth-order valence-electron chi connectivity index (χ4n) is 2.14. The van der Waals surface area contributed by atoms with Gasteiger partial charge in [-0.15, -0.1) is 0 Å². The molecule has 1 unspecified atom stereocenters. The Balaban J connectivity index is 2.49. The summed E-state index contributed by atoms with van der Waals surface area (Å²) in [7, 11) is 0. The molecular weight excluding hydrogens is 186 g/mol. The lowest BCUT2D eigenvalue weighted by molar-refractivity contribution is 0.392. The minimum atomic E-state index is -0.264. The van der Waals surface area contributed by atoms with Gasteiger partial charge in [-0.25, -0.2) is 9.97 Å². The summed E-state index contributed by atoms with van der Waals surface area (Å²) in [5, 5.41) is 0. The van der Waals surface area contributed by atoms with Crippen molar-refractivity contribution in [2.75, 3.05) is 0 Å². The maximum absolute atomic E-state index is 6.27. The van der Waals surface area contributed by atoms with Crippen LogP contribution in [0, 0.1) is 0 Å². The summed E-state index contributed by atoms with van der Waals surface area (Å²) in [6, 6.07) is 0. The van der Waals surface area contributed by atoms with E-state index >= 15 is 0 Å². The van der Waals surface area contributed by atoms with Crippen LogP contribution in [-0.4, -0.2) is 9.97 Å². The van der Waals surface area contributed by atoms with E-state index in [1.54, 1.807) is 0 Å². The van der Waals surface area contributed by atoms with E-state index in [4.69, 9.17) is 5.73 Å². The minimum absolute atomic E-state index is 0.264. The largest absolute Gasteiger partial charge is 0.320 e. The third-order valence-electron chi connectivity index (χ3n) is 3.08. The fourth-order valence-corrected chi connectivity index (χ4v) is 2.14. The number of fused-ring (bicyclic) bond motifs is 1. The van der Waals surface area contributed by atoms with Crippen LogP contribution in [0.15, 0.2) is 6.20 Å². The van der Waals surface area contributed by atoms with Crippen molar-refractivity contribution < 1.29 is 0 Å². The van der Waals surface area contributed by atoms with Crippen molar-refractivity contribution in [1.29, 1.82) is 0 Å².